The maximum Gasteiger partial charge on any atom is 0.126 e. The normalized spacial score (nSPS) is 17.5. The van der Waals surface area contributed by atoms with Gasteiger partial charge in [-0.15, -0.1) is 0 Å². The van der Waals surface area contributed by atoms with Gasteiger partial charge in [0.2, 0.25) is 0 Å². The van der Waals surface area contributed by atoms with Crippen LogP contribution in [0, 0.1) is 0 Å². The van der Waals surface area contributed by atoms with Crippen LogP contribution in [0.3, 0.4) is 0 Å². The molecule has 1 aliphatic carbocycles. The van der Waals surface area contributed by atoms with Crippen molar-refractivity contribution in [3.63, 3.8) is 0 Å². The third kappa shape index (κ3) is 4.81. The predicted molar refractivity (Wildman–Crippen MR) is 140 cm³/mol. The highest BCUT2D eigenvalue weighted by Crippen LogP contribution is 2.33. The van der Waals surface area contributed by atoms with Crippen LogP contribution in [-0.2, 0) is 13.0 Å². The summed E-state index contributed by atoms with van der Waals surface area (Å²) in [6.45, 7) is 3.02. The van der Waals surface area contributed by atoms with Crippen molar-refractivity contribution in [1.82, 2.24) is 19.4 Å². The van der Waals surface area contributed by atoms with Gasteiger partial charge in [0.25, 0.3) is 0 Å². The molecule has 0 saturated heterocycles. The van der Waals surface area contributed by atoms with Crippen LogP contribution in [0.4, 0.5) is 5.82 Å². The molecule has 6 heteroatoms. The SMILES string of the molecule is OC(CNc1cc(-c2ccc3ncn(C4CCCC4)c3c2)ccn1)CN1CCc2ccccc2C1. The van der Waals surface area contributed by atoms with Crippen molar-refractivity contribution in [2.75, 3.05) is 25.0 Å². The molecule has 1 atom stereocenters. The molecular weight excluding hydrogens is 434 g/mol. The first-order chi connectivity index (χ1) is 17.2. The molecule has 1 fully saturated rings. The lowest BCUT2D eigenvalue weighted by Gasteiger charge is -2.30. The molecule has 6 rings (SSSR count). The molecule has 35 heavy (non-hydrogen) atoms. The highest BCUT2D eigenvalue weighted by molar-refractivity contribution is 5.82. The van der Waals surface area contributed by atoms with E-state index in [1.807, 2.05) is 18.6 Å². The molecule has 1 saturated carbocycles. The van der Waals surface area contributed by atoms with Crippen LogP contribution in [0.1, 0.15) is 42.9 Å². The summed E-state index contributed by atoms with van der Waals surface area (Å²) in [6, 6.07) is 19.8. The second-order valence-corrected chi connectivity index (χ2v) is 10.0. The molecule has 2 aromatic carbocycles. The quantitative estimate of drug-likeness (QED) is 0.398. The average molecular weight is 468 g/mol. The lowest BCUT2D eigenvalue weighted by molar-refractivity contribution is 0.114. The summed E-state index contributed by atoms with van der Waals surface area (Å²) in [5, 5.41) is 14.0. The highest BCUT2D eigenvalue weighted by atomic mass is 16.3. The molecule has 6 nitrogen and oxygen atoms in total. The summed E-state index contributed by atoms with van der Waals surface area (Å²) >= 11 is 0. The molecule has 0 bridgehead atoms. The molecule has 3 heterocycles. The number of rotatable bonds is 7. The number of aliphatic hydroxyl groups is 1. The van der Waals surface area contributed by atoms with Crippen molar-refractivity contribution in [2.45, 2.75) is 50.8 Å². The minimum Gasteiger partial charge on any atom is -0.390 e. The average Bonchev–Trinajstić information content (AvgIpc) is 3.57. The van der Waals surface area contributed by atoms with E-state index in [9.17, 15) is 5.11 Å². The Morgan fingerprint density at radius 2 is 1.80 bits per heavy atom. The molecule has 0 radical (unpaired) electrons. The van der Waals surface area contributed by atoms with Crippen molar-refractivity contribution in [1.29, 1.82) is 0 Å². The monoisotopic (exact) mass is 467 g/mol. The van der Waals surface area contributed by atoms with Gasteiger partial charge in [-0.3, -0.25) is 4.90 Å². The fourth-order valence-corrected chi connectivity index (χ4v) is 5.68. The van der Waals surface area contributed by atoms with Gasteiger partial charge < -0.3 is 15.0 Å². The Hall–Kier alpha value is -3.22. The number of anilines is 1. The number of aromatic nitrogens is 3. The number of hydrogen-bond donors (Lipinski definition) is 2. The molecule has 1 unspecified atom stereocenters. The van der Waals surface area contributed by atoms with Gasteiger partial charge in [-0.1, -0.05) is 43.2 Å². The van der Waals surface area contributed by atoms with E-state index in [1.54, 1.807) is 0 Å². The van der Waals surface area contributed by atoms with Crippen molar-refractivity contribution < 1.29 is 5.11 Å². The van der Waals surface area contributed by atoms with Crippen LogP contribution < -0.4 is 5.32 Å². The number of β-amino-alcohol motifs (C(OH)–C–C–N with tert-alkyl or cyclic N) is 1. The van der Waals surface area contributed by atoms with E-state index in [1.165, 1.54) is 42.3 Å². The summed E-state index contributed by atoms with van der Waals surface area (Å²) in [7, 11) is 0. The number of hydrogen-bond acceptors (Lipinski definition) is 5. The van der Waals surface area contributed by atoms with Crippen molar-refractivity contribution >= 4 is 16.9 Å². The topological polar surface area (TPSA) is 66.2 Å². The maximum absolute atomic E-state index is 10.7. The van der Waals surface area contributed by atoms with Gasteiger partial charge in [-0.05, 0) is 65.8 Å². The molecule has 0 spiro atoms. The third-order valence-corrected chi connectivity index (χ3v) is 7.58. The Morgan fingerprint density at radius 1 is 0.971 bits per heavy atom. The standard InChI is InChI=1S/C29H33N5O/c35-26(19-33-14-12-21-5-1-2-6-24(21)18-33)17-31-29-16-23(11-13-30-29)22-9-10-27-28(15-22)34(20-32-27)25-7-3-4-8-25/h1-2,5-6,9-11,13,15-16,20,25-26,35H,3-4,7-8,12,14,17-19H2,(H,30,31). The zero-order valence-corrected chi connectivity index (χ0v) is 20.1. The van der Waals surface area contributed by atoms with Crippen molar-refractivity contribution in [3.8, 4) is 11.1 Å². The lowest BCUT2D eigenvalue weighted by Crippen LogP contribution is -2.39. The van der Waals surface area contributed by atoms with E-state index in [0.717, 1.165) is 42.0 Å². The Balaban J connectivity index is 1.11. The number of imidazole rings is 1. The second kappa shape index (κ2) is 9.80. The van der Waals surface area contributed by atoms with Gasteiger partial charge in [0.05, 0.1) is 23.5 Å². The molecular formula is C29H33N5O. The van der Waals surface area contributed by atoms with Crippen LogP contribution in [-0.4, -0.2) is 50.3 Å². The summed E-state index contributed by atoms with van der Waals surface area (Å²) in [5.74, 6) is 0.787. The van der Waals surface area contributed by atoms with Gasteiger partial charge >= 0.3 is 0 Å². The maximum atomic E-state index is 10.7. The van der Waals surface area contributed by atoms with E-state index >= 15 is 0 Å². The zero-order valence-electron chi connectivity index (χ0n) is 20.1. The van der Waals surface area contributed by atoms with Gasteiger partial charge in [0.1, 0.15) is 5.82 Å². The fraction of sp³-hybridized carbons (Fsp3) is 0.379. The summed E-state index contributed by atoms with van der Waals surface area (Å²) in [5.41, 5.74) is 7.35. The van der Waals surface area contributed by atoms with Crippen molar-refractivity contribution in [2.24, 2.45) is 0 Å². The zero-order chi connectivity index (χ0) is 23.6. The molecule has 2 N–H and O–H groups in total. The summed E-state index contributed by atoms with van der Waals surface area (Å²) in [6.07, 6.45) is 9.53. The van der Waals surface area contributed by atoms with Crippen molar-refractivity contribution in [3.05, 3.63) is 78.2 Å². The largest absolute Gasteiger partial charge is 0.390 e. The van der Waals surface area contributed by atoms with E-state index in [-0.39, 0.29) is 0 Å². The third-order valence-electron chi connectivity index (χ3n) is 7.58. The smallest absolute Gasteiger partial charge is 0.126 e. The first-order valence-corrected chi connectivity index (χ1v) is 12.9. The van der Waals surface area contributed by atoms with Gasteiger partial charge in [0, 0.05) is 38.4 Å². The fourth-order valence-electron chi connectivity index (χ4n) is 5.68. The van der Waals surface area contributed by atoms with Crippen LogP contribution in [0.5, 0.6) is 0 Å². The van der Waals surface area contributed by atoms with E-state index in [2.05, 4.69) is 73.3 Å². The van der Waals surface area contributed by atoms with Gasteiger partial charge in [-0.25, -0.2) is 9.97 Å². The van der Waals surface area contributed by atoms with Crippen LogP contribution in [0.15, 0.2) is 67.1 Å². The van der Waals surface area contributed by atoms with E-state index in [0.29, 0.717) is 19.1 Å². The molecule has 2 aromatic heterocycles. The van der Waals surface area contributed by atoms with Crippen LogP contribution >= 0.6 is 0 Å². The first-order valence-electron chi connectivity index (χ1n) is 12.9. The number of aliphatic hydroxyl groups excluding tert-OH is 1. The molecule has 4 aromatic rings. The molecule has 2 aliphatic rings. The lowest BCUT2D eigenvalue weighted by atomic mass is 10.00. The van der Waals surface area contributed by atoms with Crippen LogP contribution in [0.2, 0.25) is 0 Å². The molecule has 0 amide bonds. The Kier molecular flexibility index (Phi) is 6.23. The highest BCUT2D eigenvalue weighted by Gasteiger charge is 2.20. The first kappa shape index (κ1) is 22.3. The van der Waals surface area contributed by atoms with Crippen LogP contribution in [0.25, 0.3) is 22.2 Å². The number of benzene rings is 2. The Bertz CT molecular complexity index is 1310. The number of nitrogens with one attached hydrogen (secondary N) is 1. The van der Waals surface area contributed by atoms with E-state index < -0.39 is 6.10 Å². The Morgan fingerprint density at radius 3 is 2.69 bits per heavy atom. The summed E-state index contributed by atoms with van der Waals surface area (Å²) in [4.78, 5) is 11.5. The minimum atomic E-state index is -0.456. The second-order valence-electron chi connectivity index (χ2n) is 10.0. The number of nitrogens with zero attached hydrogens (tertiary/aromatic N) is 4. The van der Waals surface area contributed by atoms with Gasteiger partial charge in [0.15, 0.2) is 0 Å². The number of fused-ring (bicyclic) bond motifs is 2. The summed E-state index contributed by atoms with van der Waals surface area (Å²) < 4.78 is 2.36. The van der Waals surface area contributed by atoms with Gasteiger partial charge in [-0.2, -0.15) is 0 Å². The minimum absolute atomic E-state index is 0.456. The predicted octanol–water partition coefficient (Wildman–Crippen LogP) is 5.04. The number of pyridine rings is 1. The van der Waals surface area contributed by atoms with E-state index in [4.69, 9.17) is 0 Å². The Labute approximate surface area is 206 Å². The molecule has 1 aliphatic heterocycles. The molecule has 180 valence electrons.